The lowest BCUT2D eigenvalue weighted by Gasteiger charge is -2.44. The molecule has 0 fully saturated rings. The molecule has 4 nitrogen and oxygen atoms in total. The van der Waals surface area contributed by atoms with Crippen LogP contribution in [0.25, 0.3) is 73.7 Å². The van der Waals surface area contributed by atoms with E-state index in [4.69, 9.17) is 0 Å². The van der Waals surface area contributed by atoms with Crippen molar-refractivity contribution < 1.29 is 0 Å². The first kappa shape index (κ1) is 51.7. The zero-order valence-corrected chi connectivity index (χ0v) is 51.4. The topological polar surface area (TPSA) is 13.0 Å². The van der Waals surface area contributed by atoms with E-state index >= 15 is 0 Å². The van der Waals surface area contributed by atoms with Crippen LogP contribution >= 0.6 is 22.7 Å². The predicted molar refractivity (Wildman–Crippen MR) is 397 cm³/mol. The molecule has 0 saturated carbocycles. The van der Waals surface area contributed by atoms with Gasteiger partial charge in [-0.1, -0.05) is 200 Å². The molecule has 0 saturated heterocycles. The Morgan fingerprint density at radius 1 is 0.217 bits per heavy atom. The Morgan fingerprint density at radius 3 is 1.25 bits per heavy atom. The van der Waals surface area contributed by atoms with Gasteiger partial charge in [-0.25, -0.2) is 0 Å². The number of thiophene rings is 2. The molecule has 0 atom stereocenters. The van der Waals surface area contributed by atoms with Gasteiger partial charge in [0.1, 0.15) is 0 Å². The zero-order chi connectivity index (χ0) is 60.1. The first-order valence-corrected chi connectivity index (χ1v) is 33.3. The molecule has 0 radical (unpaired) electrons. The van der Waals surface area contributed by atoms with E-state index in [1.54, 1.807) is 0 Å². The van der Waals surface area contributed by atoms with E-state index in [9.17, 15) is 0 Å². The number of para-hydroxylation sites is 7. The third kappa shape index (κ3) is 7.53. The largest absolute Gasteiger partial charge is 0.311 e. The van der Waals surface area contributed by atoms with Gasteiger partial charge in [0.25, 0.3) is 13.4 Å². The maximum atomic E-state index is 2.57. The predicted octanol–water partition coefficient (Wildman–Crippen LogP) is 19.6. The van der Waals surface area contributed by atoms with Gasteiger partial charge >= 0.3 is 0 Å². The first-order valence-electron chi connectivity index (χ1n) is 31.7. The van der Waals surface area contributed by atoms with Gasteiger partial charge in [-0.15, -0.1) is 22.7 Å². The molecule has 4 aliphatic rings. The highest BCUT2D eigenvalue weighted by molar-refractivity contribution is 7.26. The van der Waals surface area contributed by atoms with Gasteiger partial charge in [0, 0.05) is 114 Å². The van der Waals surface area contributed by atoms with E-state index in [0.29, 0.717) is 0 Å². The zero-order valence-electron chi connectivity index (χ0n) is 49.8. The van der Waals surface area contributed by atoms with Gasteiger partial charge in [-0.05, 0) is 165 Å². The minimum absolute atomic E-state index is 0.0321. The number of hydrogen-bond acceptors (Lipinski definition) is 6. The number of benzene rings is 14. The van der Waals surface area contributed by atoms with E-state index in [1.807, 2.05) is 22.7 Å². The second-order valence-corrected chi connectivity index (χ2v) is 26.7. The third-order valence-corrected chi connectivity index (χ3v) is 22.2. The van der Waals surface area contributed by atoms with Crippen LogP contribution in [0.1, 0.15) is 0 Å². The van der Waals surface area contributed by atoms with E-state index in [1.165, 1.54) is 152 Å². The molecule has 2 aromatic heterocycles. The monoisotopic (exact) mass is 1200 g/mol. The molecule has 20 rings (SSSR count). The maximum Gasteiger partial charge on any atom is 0.252 e. The summed E-state index contributed by atoms with van der Waals surface area (Å²) in [5.74, 6) is 0. The van der Waals surface area contributed by atoms with Gasteiger partial charge in [0.05, 0.1) is 11.4 Å². The van der Waals surface area contributed by atoms with Crippen molar-refractivity contribution in [1.82, 2.24) is 0 Å². The third-order valence-electron chi connectivity index (χ3n) is 19.8. The minimum Gasteiger partial charge on any atom is -0.311 e. The molecular weight excluding hydrogens is 1150 g/mol. The van der Waals surface area contributed by atoms with Gasteiger partial charge in [-0.2, -0.15) is 0 Å². The minimum atomic E-state index is -0.0321. The van der Waals surface area contributed by atoms with Crippen LogP contribution in [0.5, 0.6) is 0 Å². The normalized spacial score (nSPS) is 13.3. The molecule has 0 aliphatic carbocycles. The number of fused-ring (bicyclic) bond motifs is 14. The summed E-state index contributed by atoms with van der Waals surface area (Å²) in [5.41, 5.74) is 29.3. The molecule has 6 heterocycles. The Balaban J connectivity index is 0.741. The van der Waals surface area contributed by atoms with Crippen molar-refractivity contribution in [3.63, 3.8) is 0 Å². The van der Waals surface area contributed by atoms with Crippen LogP contribution < -0.4 is 52.4 Å². The van der Waals surface area contributed by atoms with Gasteiger partial charge in [0.15, 0.2) is 0 Å². The summed E-state index contributed by atoms with van der Waals surface area (Å²) >= 11 is 3.77. The SMILES string of the molecule is c1ccc(N2c3ccccc3B3c4cc(-c5ccc6sc7c(-c8ccccc8N8c9ccccc9B9c%10ccccc%10N(c%10ccccc%10)c%10cccc8c%109)cccc7c6c5)ccc4N(c4ccccc4-c4ccc5sc6ccccc6c5c4)c4cccc2c43)cc1. The van der Waals surface area contributed by atoms with Crippen molar-refractivity contribution in [1.29, 1.82) is 0 Å². The fourth-order valence-corrected chi connectivity index (χ4v) is 18.3. The summed E-state index contributed by atoms with van der Waals surface area (Å²) in [6.45, 7) is 0.0364. The van der Waals surface area contributed by atoms with Crippen LogP contribution in [-0.2, 0) is 0 Å². The van der Waals surface area contributed by atoms with E-state index < -0.39 is 0 Å². The van der Waals surface area contributed by atoms with Crippen LogP contribution in [0.3, 0.4) is 0 Å². The summed E-state index contributed by atoms with van der Waals surface area (Å²) in [4.78, 5) is 10.1. The molecule has 4 aliphatic heterocycles. The van der Waals surface area contributed by atoms with Crippen LogP contribution in [-0.4, -0.2) is 13.4 Å². The lowest BCUT2D eigenvalue weighted by molar-refractivity contribution is 1.25. The Bertz CT molecular complexity index is 5740. The van der Waals surface area contributed by atoms with E-state index in [-0.39, 0.29) is 13.4 Å². The van der Waals surface area contributed by atoms with Crippen molar-refractivity contribution in [2.24, 2.45) is 0 Å². The molecule has 0 N–H and O–H groups in total. The molecule has 0 spiro atoms. The molecule has 14 aromatic carbocycles. The number of nitrogens with zero attached hydrogens (tertiary/aromatic N) is 4. The summed E-state index contributed by atoms with van der Waals surface area (Å²) in [6.07, 6.45) is 0. The second kappa shape index (κ2) is 20.2. The quantitative estimate of drug-likeness (QED) is 0.147. The van der Waals surface area contributed by atoms with Crippen molar-refractivity contribution in [3.05, 3.63) is 315 Å². The van der Waals surface area contributed by atoms with Gasteiger partial charge in [-0.3, -0.25) is 0 Å². The summed E-state index contributed by atoms with van der Waals surface area (Å²) < 4.78 is 5.17. The fraction of sp³-hybridized carbons (Fsp3) is 0. The first-order chi connectivity index (χ1) is 45.7. The van der Waals surface area contributed by atoms with Crippen LogP contribution in [0, 0.1) is 0 Å². The summed E-state index contributed by atoms with van der Waals surface area (Å²) in [7, 11) is 0. The van der Waals surface area contributed by atoms with E-state index in [2.05, 4.69) is 335 Å². The Labute approximate surface area is 542 Å². The van der Waals surface area contributed by atoms with Gasteiger partial charge < -0.3 is 19.6 Å². The summed E-state index contributed by atoms with van der Waals surface area (Å²) in [5, 5.41) is 5.13. The Hall–Kier alpha value is -11.2. The Kier molecular flexibility index (Phi) is 11.3. The molecule has 0 unspecified atom stereocenters. The molecule has 92 heavy (non-hydrogen) atoms. The number of anilines is 12. The molecule has 0 bridgehead atoms. The summed E-state index contributed by atoms with van der Waals surface area (Å²) in [6, 6.07) is 118. The fourth-order valence-electron chi connectivity index (χ4n) is 16.0. The van der Waals surface area contributed by atoms with Gasteiger partial charge in [0.2, 0.25) is 0 Å². The Morgan fingerprint density at radius 2 is 0.609 bits per heavy atom. The lowest BCUT2D eigenvalue weighted by Crippen LogP contribution is -2.61. The second-order valence-electron chi connectivity index (χ2n) is 24.6. The standard InChI is InChI=1S/C84H52B2N4S2/c1-3-22-56(23-4-1)87-71-36-15-10-31-65(71)85-67-33-12-17-38-73(67)90(77-41-20-39-75(87)82(77)85)70-35-14-8-27-59(70)61-29-19-30-62-64-50-53(45-48-81(64)92-84(61)62)54-44-47-74-68(52-54)86-66-32-11-16-37-72(66)88(57-24-5-2-6-25-57)76-40-21-42-78(83(76)86)89(74)69-34-13-7-26-58(69)55-46-49-80-63(51-55)60-28-9-18-43-79(60)91-80/h1-52H. The van der Waals surface area contributed by atoms with Crippen molar-refractivity contribution >= 4 is 177 Å². The average Bonchev–Trinajstić information content (AvgIpc) is 0.909. The highest BCUT2D eigenvalue weighted by Crippen LogP contribution is 2.51. The van der Waals surface area contributed by atoms with Crippen LogP contribution in [0.4, 0.5) is 68.2 Å². The smallest absolute Gasteiger partial charge is 0.252 e. The van der Waals surface area contributed by atoms with E-state index in [0.717, 1.165) is 22.7 Å². The average molecular weight is 1200 g/mol. The molecule has 0 amide bonds. The lowest BCUT2D eigenvalue weighted by atomic mass is 9.33. The number of hydrogen-bond donors (Lipinski definition) is 0. The molecule has 426 valence electrons. The van der Waals surface area contributed by atoms with Crippen molar-refractivity contribution in [3.8, 4) is 33.4 Å². The van der Waals surface area contributed by atoms with Crippen LogP contribution in [0.2, 0.25) is 0 Å². The molecular formula is C84H52B2N4S2. The van der Waals surface area contributed by atoms with Crippen molar-refractivity contribution in [2.75, 3.05) is 19.6 Å². The highest BCUT2D eigenvalue weighted by atomic mass is 32.1. The highest BCUT2D eigenvalue weighted by Gasteiger charge is 2.45. The molecule has 8 heteroatoms. The maximum absolute atomic E-state index is 2.57. The molecule has 16 aromatic rings. The van der Waals surface area contributed by atoms with Crippen LogP contribution in [0.15, 0.2) is 315 Å². The number of rotatable bonds is 7. The van der Waals surface area contributed by atoms with Crippen molar-refractivity contribution in [2.45, 2.75) is 0 Å².